The molecule has 0 aliphatic carbocycles. The maximum absolute atomic E-state index is 12.7. The van der Waals surface area contributed by atoms with E-state index in [1.165, 1.54) is 24.3 Å². The molecule has 0 aliphatic heterocycles. The number of aliphatic carboxylic acids is 1. The van der Waals surface area contributed by atoms with Crippen LogP contribution in [0.1, 0.15) is 19.3 Å². The van der Waals surface area contributed by atoms with Gasteiger partial charge in [0.2, 0.25) is 0 Å². The van der Waals surface area contributed by atoms with Gasteiger partial charge in [0.15, 0.2) is 0 Å². The van der Waals surface area contributed by atoms with Gasteiger partial charge in [-0.25, -0.2) is 9.18 Å². The lowest BCUT2D eigenvalue weighted by Gasteiger charge is -2.12. The van der Waals surface area contributed by atoms with Crippen molar-refractivity contribution in [1.29, 1.82) is 0 Å². The fraction of sp³-hybridized carbons (Fsp3) is 0.385. The standard InChI is InChI=1S/C13H17FN2O4/c14-8-4-6-9(7-5-8)20-13(19)11(16)3-1-2-10(15)12(17)18/h4-7,10-11H,1-3,15-16H2,(H,17,18)/t10-,11?/m0/s1. The Balaban J connectivity index is 2.35. The molecular formula is C13H17FN2O4. The Morgan fingerprint density at radius 1 is 1.15 bits per heavy atom. The van der Waals surface area contributed by atoms with Crippen molar-refractivity contribution in [3.05, 3.63) is 30.1 Å². The van der Waals surface area contributed by atoms with E-state index in [1.807, 2.05) is 0 Å². The van der Waals surface area contributed by atoms with Crippen LogP contribution in [0, 0.1) is 5.82 Å². The molecular weight excluding hydrogens is 267 g/mol. The fourth-order valence-electron chi connectivity index (χ4n) is 1.49. The number of benzene rings is 1. The van der Waals surface area contributed by atoms with Crippen molar-refractivity contribution in [2.45, 2.75) is 31.3 Å². The number of carboxylic acid groups (broad SMARTS) is 1. The molecule has 5 N–H and O–H groups in total. The molecule has 6 nitrogen and oxygen atoms in total. The lowest BCUT2D eigenvalue weighted by molar-refractivity contribution is -0.138. The summed E-state index contributed by atoms with van der Waals surface area (Å²) in [6.07, 6.45) is 0.890. The first kappa shape index (κ1) is 16.1. The highest BCUT2D eigenvalue weighted by Crippen LogP contribution is 2.12. The minimum atomic E-state index is -1.09. The molecule has 0 aromatic heterocycles. The first-order valence-electron chi connectivity index (χ1n) is 6.11. The van der Waals surface area contributed by atoms with E-state index in [-0.39, 0.29) is 18.6 Å². The number of carboxylic acids is 1. The minimum absolute atomic E-state index is 0.203. The largest absolute Gasteiger partial charge is 0.480 e. The Hall–Kier alpha value is -1.99. The SMILES string of the molecule is NC(CCC[C@H](N)C(=O)O)C(=O)Oc1ccc(F)cc1. The van der Waals surface area contributed by atoms with Crippen LogP contribution >= 0.6 is 0 Å². The van der Waals surface area contributed by atoms with E-state index >= 15 is 0 Å². The molecule has 0 saturated carbocycles. The predicted molar refractivity (Wildman–Crippen MR) is 69.5 cm³/mol. The van der Waals surface area contributed by atoms with Gasteiger partial charge in [-0.1, -0.05) is 0 Å². The number of carbonyl (C=O) groups excluding carboxylic acids is 1. The molecule has 0 aliphatic rings. The second kappa shape index (κ2) is 7.56. The summed E-state index contributed by atoms with van der Waals surface area (Å²) in [7, 11) is 0. The van der Waals surface area contributed by atoms with Gasteiger partial charge in [-0.2, -0.15) is 0 Å². The second-order valence-corrected chi connectivity index (χ2v) is 4.36. The van der Waals surface area contributed by atoms with Crippen molar-refractivity contribution in [2.24, 2.45) is 11.5 Å². The summed E-state index contributed by atoms with van der Waals surface area (Å²) < 4.78 is 17.6. The van der Waals surface area contributed by atoms with Gasteiger partial charge in [0, 0.05) is 0 Å². The zero-order valence-electron chi connectivity index (χ0n) is 10.8. The van der Waals surface area contributed by atoms with Crippen molar-refractivity contribution in [1.82, 2.24) is 0 Å². The molecule has 0 bridgehead atoms. The highest BCUT2D eigenvalue weighted by molar-refractivity contribution is 5.78. The summed E-state index contributed by atoms with van der Waals surface area (Å²) in [5.41, 5.74) is 10.9. The highest BCUT2D eigenvalue weighted by atomic mass is 19.1. The minimum Gasteiger partial charge on any atom is -0.480 e. The summed E-state index contributed by atoms with van der Waals surface area (Å²) in [4.78, 5) is 22.1. The average Bonchev–Trinajstić information content (AvgIpc) is 2.40. The Kier molecular flexibility index (Phi) is 6.08. The number of ether oxygens (including phenoxy) is 1. The van der Waals surface area contributed by atoms with E-state index in [0.29, 0.717) is 6.42 Å². The number of esters is 1. The summed E-state index contributed by atoms with van der Waals surface area (Å²) >= 11 is 0. The molecule has 7 heteroatoms. The van der Waals surface area contributed by atoms with Gasteiger partial charge in [0.1, 0.15) is 23.7 Å². The van der Waals surface area contributed by atoms with Crippen LogP contribution in [-0.4, -0.2) is 29.1 Å². The van der Waals surface area contributed by atoms with Crippen LogP contribution < -0.4 is 16.2 Å². The van der Waals surface area contributed by atoms with Gasteiger partial charge in [-0.05, 0) is 43.5 Å². The quantitative estimate of drug-likeness (QED) is 0.500. The average molecular weight is 284 g/mol. The number of halogens is 1. The molecule has 1 aromatic rings. The van der Waals surface area contributed by atoms with Gasteiger partial charge in [0.25, 0.3) is 0 Å². The number of carbonyl (C=O) groups is 2. The number of rotatable bonds is 7. The van der Waals surface area contributed by atoms with Crippen molar-refractivity contribution in [2.75, 3.05) is 0 Å². The zero-order chi connectivity index (χ0) is 15.1. The fourth-order valence-corrected chi connectivity index (χ4v) is 1.49. The van der Waals surface area contributed by atoms with Gasteiger partial charge in [-0.15, -0.1) is 0 Å². The summed E-state index contributed by atoms with van der Waals surface area (Å²) in [5.74, 6) is -1.97. The first-order valence-corrected chi connectivity index (χ1v) is 6.11. The van der Waals surface area contributed by atoms with Crippen LogP contribution in [0.2, 0.25) is 0 Å². The van der Waals surface area contributed by atoms with Crippen LogP contribution in [0.15, 0.2) is 24.3 Å². The molecule has 1 unspecified atom stereocenters. The maximum Gasteiger partial charge on any atom is 0.328 e. The molecule has 110 valence electrons. The third-order valence-electron chi connectivity index (χ3n) is 2.68. The molecule has 20 heavy (non-hydrogen) atoms. The van der Waals surface area contributed by atoms with Gasteiger partial charge < -0.3 is 21.3 Å². The zero-order valence-corrected chi connectivity index (χ0v) is 10.8. The van der Waals surface area contributed by atoms with Crippen LogP contribution in [0.3, 0.4) is 0 Å². The van der Waals surface area contributed by atoms with E-state index in [4.69, 9.17) is 21.3 Å². The molecule has 0 saturated heterocycles. The molecule has 0 heterocycles. The van der Waals surface area contributed by atoms with Crippen molar-refractivity contribution >= 4 is 11.9 Å². The monoisotopic (exact) mass is 284 g/mol. The van der Waals surface area contributed by atoms with E-state index in [0.717, 1.165) is 0 Å². The lowest BCUT2D eigenvalue weighted by atomic mass is 10.1. The molecule has 0 fully saturated rings. The van der Waals surface area contributed by atoms with Crippen molar-refractivity contribution in [3.8, 4) is 5.75 Å². The topological polar surface area (TPSA) is 116 Å². The van der Waals surface area contributed by atoms with E-state index in [2.05, 4.69) is 0 Å². The Bertz CT molecular complexity index is 464. The normalized spacial score (nSPS) is 13.6. The Morgan fingerprint density at radius 2 is 1.70 bits per heavy atom. The van der Waals surface area contributed by atoms with Gasteiger partial charge in [-0.3, -0.25) is 4.79 Å². The smallest absolute Gasteiger partial charge is 0.328 e. The molecule has 0 amide bonds. The van der Waals surface area contributed by atoms with Crippen molar-refractivity contribution < 1.29 is 23.8 Å². The van der Waals surface area contributed by atoms with Crippen LogP contribution in [0.25, 0.3) is 0 Å². The summed E-state index contributed by atoms with van der Waals surface area (Å²) in [6, 6.07) is 3.14. The molecule has 0 spiro atoms. The number of hydrogen-bond donors (Lipinski definition) is 3. The number of hydrogen-bond acceptors (Lipinski definition) is 5. The summed E-state index contributed by atoms with van der Waals surface area (Å²) in [6.45, 7) is 0. The van der Waals surface area contributed by atoms with E-state index in [9.17, 15) is 14.0 Å². The van der Waals surface area contributed by atoms with Crippen LogP contribution in [0.5, 0.6) is 5.75 Å². The van der Waals surface area contributed by atoms with E-state index < -0.39 is 29.8 Å². The first-order chi connectivity index (χ1) is 9.40. The molecule has 1 aromatic carbocycles. The van der Waals surface area contributed by atoms with Crippen LogP contribution in [-0.2, 0) is 9.59 Å². The predicted octanol–water partition coefficient (Wildman–Crippen LogP) is 0.641. The summed E-state index contributed by atoms with van der Waals surface area (Å²) in [5, 5.41) is 8.60. The maximum atomic E-state index is 12.7. The highest BCUT2D eigenvalue weighted by Gasteiger charge is 2.17. The van der Waals surface area contributed by atoms with Gasteiger partial charge in [0.05, 0.1) is 0 Å². The third kappa shape index (κ3) is 5.33. The molecule has 1 rings (SSSR count). The van der Waals surface area contributed by atoms with Crippen molar-refractivity contribution in [3.63, 3.8) is 0 Å². The van der Waals surface area contributed by atoms with Crippen LogP contribution in [0.4, 0.5) is 4.39 Å². The number of nitrogens with two attached hydrogens (primary N) is 2. The molecule has 0 radical (unpaired) electrons. The second-order valence-electron chi connectivity index (χ2n) is 4.36. The lowest BCUT2D eigenvalue weighted by Crippen LogP contribution is -2.35. The third-order valence-corrected chi connectivity index (χ3v) is 2.68. The Morgan fingerprint density at radius 3 is 2.25 bits per heavy atom. The Labute approximate surface area is 115 Å². The van der Waals surface area contributed by atoms with Gasteiger partial charge >= 0.3 is 11.9 Å². The molecule has 2 atom stereocenters. The van der Waals surface area contributed by atoms with E-state index in [1.54, 1.807) is 0 Å².